The standard InChI is InChI=1S/C11H20N2O2/c1-9(11(14)15)7-13-6-4-5-10(13)8-12(2)3/h10H,1,4-8H2,2-3H3,(H,14,15). The Balaban J connectivity index is 2.46. The number of aliphatic carboxylic acids is 1. The number of carboxylic acids is 1. The van der Waals surface area contributed by atoms with E-state index in [1.807, 2.05) is 14.1 Å². The van der Waals surface area contributed by atoms with Crippen molar-refractivity contribution >= 4 is 5.97 Å². The second-order valence-electron chi connectivity index (χ2n) is 4.44. The first-order chi connectivity index (χ1) is 7.00. The van der Waals surface area contributed by atoms with Gasteiger partial charge >= 0.3 is 5.97 Å². The number of likely N-dealkylation sites (tertiary alicyclic amines) is 1. The SMILES string of the molecule is C=C(CN1CCCC1CN(C)C)C(=O)O. The minimum Gasteiger partial charge on any atom is -0.478 e. The fourth-order valence-electron chi connectivity index (χ4n) is 2.04. The highest BCUT2D eigenvalue weighted by atomic mass is 16.4. The molecule has 4 heteroatoms. The molecule has 0 aliphatic carbocycles. The molecule has 86 valence electrons. The number of nitrogens with zero attached hydrogens (tertiary/aromatic N) is 2. The quantitative estimate of drug-likeness (QED) is 0.680. The molecule has 1 heterocycles. The molecule has 1 N–H and O–H groups in total. The van der Waals surface area contributed by atoms with Gasteiger partial charge in [0.05, 0.1) is 0 Å². The molecule has 0 aromatic rings. The van der Waals surface area contributed by atoms with Crippen LogP contribution in [0.15, 0.2) is 12.2 Å². The monoisotopic (exact) mass is 212 g/mol. The van der Waals surface area contributed by atoms with Crippen LogP contribution in [0.5, 0.6) is 0 Å². The normalized spacial score (nSPS) is 22.2. The lowest BCUT2D eigenvalue weighted by atomic mass is 10.2. The summed E-state index contributed by atoms with van der Waals surface area (Å²) in [7, 11) is 4.09. The molecule has 0 spiro atoms. The zero-order valence-corrected chi connectivity index (χ0v) is 9.57. The van der Waals surface area contributed by atoms with E-state index < -0.39 is 5.97 Å². The number of likely N-dealkylation sites (N-methyl/N-ethyl adjacent to an activating group) is 1. The summed E-state index contributed by atoms with van der Waals surface area (Å²) >= 11 is 0. The Hall–Kier alpha value is -0.870. The predicted octanol–water partition coefficient (Wildman–Crippen LogP) is 0.653. The molecule has 0 saturated carbocycles. The van der Waals surface area contributed by atoms with Crippen molar-refractivity contribution in [2.24, 2.45) is 0 Å². The van der Waals surface area contributed by atoms with E-state index in [4.69, 9.17) is 5.11 Å². The van der Waals surface area contributed by atoms with Crippen molar-refractivity contribution in [3.63, 3.8) is 0 Å². The third-order valence-electron chi connectivity index (χ3n) is 2.77. The highest BCUT2D eigenvalue weighted by Crippen LogP contribution is 2.18. The molecule has 1 rings (SSSR count). The molecule has 1 aliphatic heterocycles. The smallest absolute Gasteiger partial charge is 0.332 e. The van der Waals surface area contributed by atoms with Gasteiger partial charge in [-0.1, -0.05) is 6.58 Å². The Morgan fingerprint density at radius 3 is 2.80 bits per heavy atom. The Morgan fingerprint density at radius 2 is 2.27 bits per heavy atom. The Bertz CT molecular complexity index is 251. The van der Waals surface area contributed by atoms with E-state index in [1.165, 1.54) is 0 Å². The summed E-state index contributed by atoms with van der Waals surface area (Å²) in [6, 6.07) is 0.482. The molecule has 0 bridgehead atoms. The summed E-state index contributed by atoms with van der Waals surface area (Å²) in [6.07, 6.45) is 2.32. The van der Waals surface area contributed by atoms with E-state index in [0.717, 1.165) is 25.9 Å². The van der Waals surface area contributed by atoms with Crippen LogP contribution >= 0.6 is 0 Å². The summed E-state index contributed by atoms with van der Waals surface area (Å²) in [4.78, 5) is 15.0. The van der Waals surface area contributed by atoms with Crippen molar-refractivity contribution in [2.45, 2.75) is 18.9 Å². The van der Waals surface area contributed by atoms with E-state index in [0.29, 0.717) is 18.2 Å². The molecule has 0 aromatic carbocycles. The molecule has 1 aliphatic rings. The summed E-state index contributed by atoms with van der Waals surface area (Å²) in [6.45, 7) is 6.05. The van der Waals surface area contributed by atoms with Crippen LogP contribution < -0.4 is 0 Å². The molecular formula is C11H20N2O2. The third kappa shape index (κ3) is 3.64. The number of carboxylic acid groups (broad SMARTS) is 1. The molecule has 4 nitrogen and oxygen atoms in total. The van der Waals surface area contributed by atoms with E-state index in [2.05, 4.69) is 16.4 Å². The second kappa shape index (κ2) is 5.28. The van der Waals surface area contributed by atoms with Gasteiger partial charge in [0.2, 0.25) is 0 Å². The number of rotatable bonds is 5. The first-order valence-corrected chi connectivity index (χ1v) is 5.30. The average molecular weight is 212 g/mol. The lowest BCUT2D eigenvalue weighted by Crippen LogP contribution is -2.39. The third-order valence-corrected chi connectivity index (χ3v) is 2.77. The van der Waals surface area contributed by atoms with Crippen LogP contribution in [0, 0.1) is 0 Å². The molecule has 1 atom stereocenters. The van der Waals surface area contributed by atoms with Crippen LogP contribution in [0.1, 0.15) is 12.8 Å². The minimum atomic E-state index is -0.884. The maximum atomic E-state index is 10.7. The lowest BCUT2D eigenvalue weighted by Gasteiger charge is -2.26. The van der Waals surface area contributed by atoms with Crippen LogP contribution in [-0.2, 0) is 4.79 Å². The molecule has 1 saturated heterocycles. The molecule has 1 fully saturated rings. The maximum Gasteiger partial charge on any atom is 0.332 e. The van der Waals surface area contributed by atoms with Crippen LogP contribution in [-0.4, -0.2) is 60.6 Å². The van der Waals surface area contributed by atoms with Gasteiger partial charge in [0.1, 0.15) is 0 Å². The van der Waals surface area contributed by atoms with Gasteiger partial charge in [0, 0.05) is 24.7 Å². The van der Waals surface area contributed by atoms with Crippen molar-refractivity contribution in [2.75, 3.05) is 33.7 Å². The Labute approximate surface area is 91.2 Å². The zero-order chi connectivity index (χ0) is 11.4. The van der Waals surface area contributed by atoms with Gasteiger partial charge in [0.15, 0.2) is 0 Å². The van der Waals surface area contributed by atoms with Crippen molar-refractivity contribution in [3.05, 3.63) is 12.2 Å². The summed E-state index contributed by atoms with van der Waals surface area (Å²) in [5, 5.41) is 8.77. The lowest BCUT2D eigenvalue weighted by molar-refractivity contribution is -0.132. The minimum absolute atomic E-state index is 0.292. The fraction of sp³-hybridized carbons (Fsp3) is 0.727. The van der Waals surface area contributed by atoms with Crippen LogP contribution in [0.2, 0.25) is 0 Å². The highest BCUT2D eigenvalue weighted by Gasteiger charge is 2.26. The number of hydrogen-bond donors (Lipinski definition) is 1. The van der Waals surface area contributed by atoms with Crippen molar-refractivity contribution < 1.29 is 9.90 Å². The summed E-state index contributed by atoms with van der Waals surface area (Å²) < 4.78 is 0. The average Bonchev–Trinajstić information content (AvgIpc) is 2.51. The van der Waals surface area contributed by atoms with Gasteiger partial charge in [-0.3, -0.25) is 4.90 Å². The molecular weight excluding hydrogens is 192 g/mol. The van der Waals surface area contributed by atoms with Crippen LogP contribution in [0.4, 0.5) is 0 Å². The molecule has 0 aromatic heterocycles. The van der Waals surface area contributed by atoms with Gasteiger partial charge in [-0.05, 0) is 33.5 Å². The summed E-state index contributed by atoms with van der Waals surface area (Å²) in [5.41, 5.74) is 0.292. The van der Waals surface area contributed by atoms with E-state index in [9.17, 15) is 4.79 Å². The van der Waals surface area contributed by atoms with Crippen LogP contribution in [0.25, 0.3) is 0 Å². The Morgan fingerprint density at radius 1 is 1.60 bits per heavy atom. The largest absolute Gasteiger partial charge is 0.478 e. The zero-order valence-electron chi connectivity index (χ0n) is 9.57. The number of hydrogen-bond acceptors (Lipinski definition) is 3. The predicted molar refractivity (Wildman–Crippen MR) is 59.9 cm³/mol. The molecule has 0 radical (unpaired) electrons. The highest BCUT2D eigenvalue weighted by molar-refractivity contribution is 5.86. The maximum absolute atomic E-state index is 10.7. The van der Waals surface area contributed by atoms with Gasteiger partial charge < -0.3 is 10.0 Å². The van der Waals surface area contributed by atoms with Gasteiger partial charge in [-0.2, -0.15) is 0 Å². The molecule has 1 unspecified atom stereocenters. The van der Waals surface area contributed by atoms with E-state index in [-0.39, 0.29) is 0 Å². The first kappa shape index (κ1) is 12.2. The summed E-state index contributed by atoms with van der Waals surface area (Å²) in [5.74, 6) is -0.884. The van der Waals surface area contributed by atoms with Crippen molar-refractivity contribution in [1.82, 2.24) is 9.80 Å². The van der Waals surface area contributed by atoms with E-state index >= 15 is 0 Å². The topological polar surface area (TPSA) is 43.8 Å². The van der Waals surface area contributed by atoms with Crippen molar-refractivity contribution in [3.8, 4) is 0 Å². The first-order valence-electron chi connectivity index (χ1n) is 5.30. The molecule has 15 heavy (non-hydrogen) atoms. The fourth-order valence-corrected chi connectivity index (χ4v) is 2.04. The van der Waals surface area contributed by atoms with Gasteiger partial charge in [-0.25, -0.2) is 4.79 Å². The second-order valence-corrected chi connectivity index (χ2v) is 4.44. The number of carbonyl (C=O) groups is 1. The van der Waals surface area contributed by atoms with Crippen molar-refractivity contribution in [1.29, 1.82) is 0 Å². The van der Waals surface area contributed by atoms with Gasteiger partial charge in [-0.15, -0.1) is 0 Å². The van der Waals surface area contributed by atoms with Crippen LogP contribution in [0.3, 0.4) is 0 Å². The molecule has 0 amide bonds. The van der Waals surface area contributed by atoms with E-state index in [1.54, 1.807) is 0 Å². The Kier molecular flexibility index (Phi) is 4.29. The van der Waals surface area contributed by atoms with Gasteiger partial charge in [0.25, 0.3) is 0 Å².